The Morgan fingerprint density at radius 2 is 0.968 bits per heavy atom. The van der Waals surface area contributed by atoms with Crippen LogP contribution in [0, 0.1) is 0 Å². The van der Waals surface area contributed by atoms with E-state index >= 15 is 0 Å². The number of unbranched alkanes of at least 4 members (excludes halogenated alkanes) is 16. The molecule has 62 heavy (non-hydrogen) atoms. The van der Waals surface area contributed by atoms with Crippen LogP contribution in [0.25, 0.3) is 0 Å². The standard InChI is InChI=1S/C56H91NO5/c1-4-7-10-13-16-19-22-24-26-27-29-31-34-37-40-43-46-49-56(61)62-52(47-44-41-38-35-33-30-28-25-23-20-17-14-11-8-5-2)50-55(60)57-53(51-58)54(59)48-45-42-39-36-32-21-18-15-12-9-6-3/h7,10,13,16-17,19-20,22,24-29,31,33-35,41,44,52-54,58-59H,4-6,8-9,11-12,14-15,18,21,23,30,32,36-40,42-43,45-51H2,1-3H3,(H,57,60)/b10-7-,16-13+,20-17-,22-19+,26-24-,28-25-,29-27+,34-31+,35-33-,44-41-. The number of rotatable bonds is 42. The molecule has 0 fully saturated rings. The van der Waals surface area contributed by atoms with Gasteiger partial charge in [-0.15, -0.1) is 0 Å². The fraction of sp³-hybridized carbons (Fsp3) is 0.607. The van der Waals surface area contributed by atoms with E-state index in [0.29, 0.717) is 19.3 Å². The first kappa shape index (κ1) is 58.3. The second-order valence-electron chi connectivity index (χ2n) is 16.3. The maximum Gasteiger partial charge on any atom is 0.306 e. The van der Waals surface area contributed by atoms with E-state index in [2.05, 4.69) is 74.7 Å². The summed E-state index contributed by atoms with van der Waals surface area (Å²) in [5.41, 5.74) is 0. The molecule has 6 heteroatoms. The summed E-state index contributed by atoms with van der Waals surface area (Å²) < 4.78 is 5.84. The van der Waals surface area contributed by atoms with Crippen LogP contribution >= 0.6 is 0 Å². The molecule has 0 aliphatic carbocycles. The van der Waals surface area contributed by atoms with E-state index in [0.717, 1.165) is 77.0 Å². The second kappa shape index (κ2) is 48.3. The van der Waals surface area contributed by atoms with Gasteiger partial charge in [0.15, 0.2) is 0 Å². The lowest BCUT2D eigenvalue weighted by Crippen LogP contribution is -2.46. The third-order valence-electron chi connectivity index (χ3n) is 10.4. The molecule has 3 unspecified atom stereocenters. The number of carbonyl (C=O) groups is 2. The van der Waals surface area contributed by atoms with Gasteiger partial charge in [0.25, 0.3) is 0 Å². The molecule has 0 aromatic carbocycles. The number of carbonyl (C=O) groups excluding carboxylic acids is 2. The van der Waals surface area contributed by atoms with E-state index in [9.17, 15) is 19.8 Å². The number of hydrogen-bond acceptors (Lipinski definition) is 5. The van der Waals surface area contributed by atoms with Gasteiger partial charge in [0, 0.05) is 12.8 Å². The van der Waals surface area contributed by atoms with Crippen LogP contribution in [0.5, 0.6) is 0 Å². The molecular weight excluding hydrogens is 767 g/mol. The van der Waals surface area contributed by atoms with Crippen LogP contribution < -0.4 is 5.32 Å². The van der Waals surface area contributed by atoms with E-state index in [1.54, 1.807) is 0 Å². The highest BCUT2D eigenvalue weighted by Crippen LogP contribution is 2.15. The zero-order valence-corrected chi connectivity index (χ0v) is 39.7. The Balaban J connectivity index is 4.86. The zero-order valence-electron chi connectivity index (χ0n) is 39.7. The maximum atomic E-state index is 13.2. The Morgan fingerprint density at radius 3 is 1.53 bits per heavy atom. The molecule has 1 amide bonds. The molecule has 0 saturated heterocycles. The van der Waals surface area contributed by atoms with Gasteiger partial charge in [0.2, 0.25) is 5.91 Å². The lowest BCUT2D eigenvalue weighted by atomic mass is 10.0. The normalized spacial score (nSPS) is 14.3. The van der Waals surface area contributed by atoms with E-state index < -0.39 is 18.2 Å². The minimum atomic E-state index is -0.826. The first-order valence-electron chi connectivity index (χ1n) is 24.8. The van der Waals surface area contributed by atoms with Crippen LogP contribution in [-0.4, -0.2) is 46.9 Å². The Bertz CT molecular complexity index is 1330. The highest BCUT2D eigenvalue weighted by Gasteiger charge is 2.23. The lowest BCUT2D eigenvalue weighted by Gasteiger charge is -2.24. The predicted octanol–water partition coefficient (Wildman–Crippen LogP) is 14.9. The topological polar surface area (TPSA) is 95.9 Å². The van der Waals surface area contributed by atoms with Gasteiger partial charge in [-0.3, -0.25) is 9.59 Å². The Hall–Kier alpha value is -3.74. The molecular formula is C56H91NO5. The minimum Gasteiger partial charge on any atom is -0.461 e. The molecule has 0 rings (SSSR count). The number of hydrogen-bond donors (Lipinski definition) is 3. The van der Waals surface area contributed by atoms with Crippen LogP contribution in [0.1, 0.15) is 194 Å². The number of aliphatic hydroxyl groups is 2. The van der Waals surface area contributed by atoms with Crippen molar-refractivity contribution < 1.29 is 24.5 Å². The zero-order chi connectivity index (χ0) is 45.2. The van der Waals surface area contributed by atoms with Gasteiger partial charge in [-0.25, -0.2) is 0 Å². The number of allylic oxidation sites excluding steroid dienone is 19. The number of nitrogens with one attached hydrogen (secondary N) is 1. The number of ether oxygens (including phenoxy) is 1. The van der Waals surface area contributed by atoms with Gasteiger partial charge >= 0.3 is 5.97 Å². The monoisotopic (exact) mass is 858 g/mol. The van der Waals surface area contributed by atoms with E-state index in [1.807, 2.05) is 72.9 Å². The smallest absolute Gasteiger partial charge is 0.306 e. The average Bonchev–Trinajstić information content (AvgIpc) is 3.26. The van der Waals surface area contributed by atoms with E-state index in [-0.39, 0.29) is 24.9 Å². The predicted molar refractivity (Wildman–Crippen MR) is 268 cm³/mol. The summed E-state index contributed by atoms with van der Waals surface area (Å²) in [4.78, 5) is 26.1. The molecule has 0 heterocycles. The fourth-order valence-electron chi connectivity index (χ4n) is 6.67. The summed E-state index contributed by atoms with van der Waals surface area (Å²) in [7, 11) is 0. The van der Waals surface area contributed by atoms with Crippen LogP contribution in [0.4, 0.5) is 0 Å². The summed E-state index contributed by atoms with van der Waals surface area (Å²) in [5, 5.41) is 23.7. The van der Waals surface area contributed by atoms with E-state index in [4.69, 9.17) is 4.74 Å². The van der Waals surface area contributed by atoms with Gasteiger partial charge < -0.3 is 20.3 Å². The Kier molecular flexibility index (Phi) is 45.4. The third kappa shape index (κ3) is 42.9. The van der Waals surface area contributed by atoms with Crippen molar-refractivity contribution in [2.45, 2.75) is 212 Å². The van der Waals surface area contributed by atoms with Crippen molar-refractivity contribution in [2.75, 3.05) is 6.61 Å². The van der Waals surface area contributed by atoms with Crippen LogP contribution in [0.2, 0.25) is 0 Å². The van der Waals surface area contributed by atoms with Crippen LogP contribution in [0.15, 0.2) is 122 Å². The van der Waals surface area contributed by atoms with Crippen LogP contribution in [-0.2, 0) is 14.3 Å². The molecule has 0 aliphatic heterocycles. The van der Waals surface area contributed by atoms with Gasteiger partial charge in [-0.05, 0) is 64.2 Å². The molecule has 0 saturated carbocycles. The Morgan fingerprint density at radius 1 is 0.516 bits per heavy atom. The van der Waals surface area contributed by atoms with E-state index in [1.165, 1.54) is 70.6 Å². The highest BCUT2D eigenvalue weighted by atomic mass is 16.5. The van der Waals surface area contributed by atoms with Crippen molar-refractivity contribution in [3.05, 3.63) is 122 Å². The minimum absolute atomic E-state index is 0.0249. The fourth-order valence-corrected chi connectivity index (χ4v) is 6.67. The maximum absolute atomic E-state index is 13.2. The average molecular weight is 858 g/mol. The van der Waals surface area contributed by atoms with Crippen molar-refractivity contribution in [1.29, 1.82) is 0 Å². The quantitative estimate of drug-likeness (QED) is 0.0246. The van der Waals surface area contributed by atoms with Gasteiger partial charge in [0.05, 0.1) is 25.2 Å². The third-order valence-corrected chi connectivity index (χ3v) is 10.4. The van der Waals surface area contributed by atoms with Gasteiger partial charge in [-0.2, -0.15) is 0 Å². The lowest BCUT2D eigenvalue weighted by molar-refractivity contribution is -0.150. The summed E-state index contributed by atoms with van der Waals surface area (Å²) >= 11 is 0. The molecule has 3 atom stereocenters. The molecule has 350 valence electrons. The summed E-state index contributed by atoms with van der Waals surface area (Å²) in [6.07, 6.45) is 66.9. The van der Waals surface area contributed by atoms with Crippen molar-refractivity contribution in [3.63, 3.8) is 0 Å². The molecule has 0 spiro atoms. The number of aliphatic hydroxyl groups excluding tert-OH is 2. The van der Waals surface area contributed by atoms with Crippen molar-refractivity contribution >= 4 is 11.9 Å². The first-order valence-corrected chi connectivity index (χ1v) is 24.8. The summed E-state index contributed by atoms with van der Waals surface area (Å²) in [5.74, 6) is -0.641. The molecule has 0 aromatic rings. The number of amides is 1. The first-order chi connectivity index (χ1) is 30.5. The SMILES string of the molecule is CC\C=C/C=C/C=C/C=C\C=C\C=C\CCCCCC(=O)OC(C/C=C\C/C=C\C/C=C\C/C=C\CCCCC)CC(=O)NC(CO)C(O)CCCCCCCCCCCCC. The molecule has 3 N–H and O–H groups in total. The summed E-state index contributed by atoms with van der Waals surface area (Å²) in [6, 6.07) is -0.748. The largest absolute Gasteiger partial charge is 0.461 e. The highest BCUT2D eigenvalue weighted by molar-refractivity contribution is 5.77. The molecule has 0 bridgehead atoms. The molecule has 6 nitrogen and oxygen atoms in total. The Labute approximate surface area is 380 Å². The molecule has 0 aromatic heterocycles. The van der Waals surface area contributed by atoms with Crippen molar-refractivity contribution in [3.8, 4) is 0 Å². The summed E-state index contributed by atoms with van der Waals surface area (Å²) in [6.45, 7) is 6.24. The number of esters is 1. The van der Waals surface area contributed by atoms with Crippen molar-refractivity contribution in [2.24, 2.45) is 0 Å². The second-order valence-corrected chi connectivity index (χ2v) is 16.3. The molecule has 0 radical (unpaired) electrons. The van der Waals surface area contributed by atoms with Gasteiger partial charge in [-0.1, -0.05) is 232 Å². The van der Waals surface area contributed by atoms with Crippen molar-refractivity contribution in [1.82, 2.24) is 5.32 Å². The van der Waals surface area contributed by atoms with Crippen LogP contribution in [0.3, 0.4) is 0 Å². The molecule has 0 aliphatic rings. The van der Waals surface area contributed by atoms with Gasteiger partial charge in [0.1, 0.15) is 6.10 Å².